The summed E-state index contributed by atoms with van der Waals surface area (Å²) in [4.78, 5) is 33.8. The van der Waals surface area contributed by atoms with Crippen LogP contribution in [0.15, 0.2) is 41.3 Å². The number of thioether (sulfide) groups is 1. The minimum atomic E-state index is -0.515. The number of hydrogen-bond donors (Lipinski definition) is 1. The summed E-state index contributed by atoms with van der Waals surface area (Å²) in [6.45, 7) is 0. The van der Waals surface area contributed by atoms with Gasteiger partial charge in [-0.05, 0) is 11.8 Å². The predicted molar refractivity (Wildman–Crippen MR) is 60.0 cm³/mol. The predicted octanol–water partition coefficient (Wildman–Crippen LogP) is 1.74. The van der Waals surface area contributed by atoms with Gasteiger partial charge in [-0.15, -0.1) is 0 Å². The number of amides is 2. The molecular formula is C11H7NO3S. The summed E-state index contributed by atoms with van der Waals surface area (Å²) in [7, 11) is 0. The minimum absolute atomic E-state index is 0.138. The van der Waals surface area contributed by atoms with Gasteiger partial charge in [0.25, 0.3) is 11.1 Å². The largest absolute Gasteiger partial charge is 0.290 e. The van der Waals surface area contributed by atoms with E-state index < -0.39 is 11.1 Å². The zero-order chi connectivity index (χ0) is 11.5. The maximum atomic E-state index is 11.7. The van der Waals surface area contributed by atoms with E-state index in [1.807, 2.05) is 0 Å². The van der Waals surface area contributed by atoms with Crippen molar-refractivity contribution in [3.05, 3.63) is 46.9 Å². The molecular weight excluding hydrogens is 226 g/mol. The minimum Gasteiger partial charge on any atom is -0.289 e. The van der Waals surface area contributed by atoms with E-state index in [9.17, 15) is 14.4 Å². The van der Waals surface area contributed by atoms with Gasteiger partial charge >= 0.3 is 0 Å². The van der Waals surface area contributed by atoms with Crippen LogP contribution in [0.1, 0.15) is 10.4 Å². The number of allylic oxidation sites excluding steroid dienone is 1. The molecule has 0 bridgehead atoms. The molecule has 16 heavy (non-hydrogen) atoms. The van der Waals surface area contributed by atoms with Gasteiger partial charge in [0.15, 0.2) is 5.78 Å². The fourth-order valence-corrected chi connectivity index (χ4v) is 1.88. The molecule has 1 fully saturated rings. The van der Waals surface area contributed by atoms with Gasteiger partial charge in [0.2, 0.25) is 0 Å². The van der Waals surface area contributed by atoms with Crippen molar-refractivity contribution in [1.82, 2.24) is 5.32 Å². The molecule has 0 atom stereocenters. The molecule has 0 aromatic heterocycles. The van der Waals surface area contributed by atoms with Gasteiger partial charge in [0.05, 0.1) is 4.91 Å². The van der Waals surface area contributed by atoms with Crippen LogP contribution >= 0.6 is 11.8 Å². The van der Waals surface area contributed by atoms with Gasteiger partial charge in [0.1, 0.15) is 0 Å². The maximum Gasteiger partial charge on any atom is 0.290 e. The average Bonchev–Trinajstić information content (AvgIpc) is 2.59. The number of hydrogen-bond acceptors (Lipinski definition) is 4. The van der Waals surface area contributed by atoms with Crippen molar-refractivity contribution >= 4 is 28.7 Å². The molecule has 1 aliphatic heterocycles. The van der Waals surface area contributed by atoms with Crippen LogP contribution in [0.3, 0.4) is 0 Å². The number of imide groups is 1. The van der Waals surface area contributed by atoms with E-state index in [-0.39, 0.29) is 10.7 Å². The third kappa shape index (κ3) is 2.20. The summed E-state index contributed by atoms with van der Waals surface area (Å²) < 4.78 is 0. The lowest BCUT2D eigenvalue weighted by molar-refractivity contribution is -0.115. The second kappa shape index (κ2) is 4.32. The quantitative estimate of drug-likeness (QED) is 0.624. The van der Waals surface area contributed by atoms with Crippen LogP contribution < -0.4 is 5.32 Å². The maximum absolute atomic E-state index is 11.7. The normalized spacial score (nSPS) is 17.6. The summed E-state index contributed by atoms with van der Waals surface area (Å²) in [5.41, 5.74) is 0.489. The highest BCUT2D eigenvalue weighted by Crippen LogP contribution is 2.23. The standard InChI is InChI=1S/C11H7NO3S/c13-8(7-4-2-1-3-5-7)6-9-10(14)12-11(15)16-9/h1-6H,(H,12,14,15)/b9-6+. The summed E-state index contributed by atoms with van der Waals surface area (Å²) in [6, 6.07) is 8.57. The molecule has 1 aliphatic rings. The Morgan fingerprint density at radius 2 is 1.88 bits per heavy atom. The van der Waals surface area contributed by atoms with Gasteiger partial charge in [-0.2, -0.15) is 0 Å². The highest BCUT2D eigenvalue weighted by Gasteiger charge is 2.25. The van der Waals surface area contributed by atoms with E-state index in [4.69, 9.17) is 0 Å². The molecule has 1 aromatic rings. The summed E-state index contributed by atoms with van der Waals surface area (Å²) in [5, 5.41) is 1.64. The summed E-state index contributed by atoms with van der Waals surface area (Å²) in [5.74, 6) is -0.799. The average molecular weight is 233 g/mol. The number of benzene rings is 1. The van der Waals surface area contributed by atoms with Crippen LogP contribution in [0, 0.1) is 0 Å². The van der Waals surface area contributed by atoms with Crippen molar-refractivity contribution in [3.8, 4) is 0 Å². The molecule has 0 radical (unpaired) electrons. The van der Waals surface area contributed by atoms with Crippen LogP contribution in [0.5, 0.6) is 0 Å². The van der Waals surface area contributed by atoms with Crippen molar-refractivity contribution in [2.75, 3.05) is 0 Å². The molecule has 80 valence electrons. The number of carbonyl (C=O) groups is 3. The van der Waals surface area contributed by atoms with Crippen LogP contribution in [-0.2, 0) is 4.79 Å². The van der Waals surface area contributed by atoms with Crippen LogP contribution in [0.25, 0.3) is 0 Å². The first-order valence-corrected chi connectivity index (χ1v) is 5.33. The van der Waals surface area contributed by atoms with Gasteiger partial charge in [-0.1, -0.05) is 30.3 Å². The highest BCUT2D eigenvalue weighted by molar-refractivity contribution is 8.18. The topological polar surface area (TPSA) is 63.2 Å². The fraction of sp³-hybridized carbons (Fsp3) is 0. The Morgan fingerprint density at radius 1 is 1.19 bits per heavy atom. The van der Waals surface area contributed by atoms with Crippen molar-refractivity contribution in [1.29, 1.82) is 0 Å². The second-order valence-electron chi connectivity index (χ2n) is 3.08. The highest BCUT2D eigenvalue weighted by atomic mass is 32.2. The Hall–Kier alpha value is -1.88. The van der Waals surface area contributed by atoms with Crippen LogP contribution in [-0.4, -0.2) is 16.9 Å². The lowest BCUT2D eigenvalue weighted by atomic mass is 10.1. The Balaban J connectivity index is 2.22. The van der Waals surface area contributed by atoms with Gasteiger partial charge in [-0.25, -0.2) is 0 Å². The molecule has 1 heterocycles. The third-order valence-electron chi connectivity index (χ3n) is 1.96. The number of nitrogens with one attached hydrogen (secondary N) is 1. The van der Waals surface area contributed by atoms with Gasteiger partial charge in [-0.3, -0.25) is 19.7 Å². The number of carbonyl (C=O) groups excluding carboxylic acids is 3. The summed E-state index contributed by atoms with van der Waals surface area (Å²) in [6.07, 6.45) is 1.18. The van der Waals surface area contributed by atoms with E-state index in [1.165, 1.54) is 6.08 Å². The van der Waals surface area contributed by atoms with Crippen molar-refractivity contribution in [2.24, 2.45) is 0 Å². The molecule has 1 N–H and O–H groups in total. The lowest BCUT2D eigenvalue weighted by Crippen LogP contribution is -2.18. The fourth-order valence-electron chi connectivity index (χ4n) is 1.23. The SMILES string of the molecule is O=C1NC(=O)/C(=C\C(=O)c2ccccc2)S1. The molecule has 2 rings (SSSR count). The van der Waals surface area contributed by atoms with Crippen LogP contribution in [0.4, 0.5) is 4.79 Å². The molecule has 1 saturated heterocycles. The Bertz CT molecular complexity index is 493. The molecule has 4 nitrogen and oxygen atoms in total. The van der Waals surface area contributed by atoms with E-state index in [0.717, 1.165) is 11.8 Å². The smallest absolute Gasteiger partial charge is 0.289 e. The Morgan fingerprint density at radius 3 is 2.44 bits per heavy atom. The van der Waals surface area contributed by atoms with Gasteiger partial charge in [0, 0.05) is 11.6 Å². The molecule has 0 spiro atoms. The molecule has 0 saturated carbocycles. The molecule has 0 aliphatic carbocycles. The van der Waals surface area contributed by atoms with Crippen molar-refractivity contribution in [3.63, 3.8) is 0 Å². The zero-order valence-electron chi connectivity index (χ0n) is 8.10. The van der Waals surface area contributed by atoms with E-state index in [1.54, 1.807) is 30.3 Å². The first-order valence-electron chi connectivity index (χ1n) is 4.51. The summed E-state index contributed by atoms with van der Waals surface area (Å²) >= 11 is 0.737. The third-order valence-corrected chi connectivity index (χ3v) is 2.77. The monoisotopic (exact) mass is 233 g/mol. The second-order valence-corrected chi connectivity index (χ2v) is 4.10. The van der Waals surface area contributed by atoms with Gasteiger partial charge < -0.3 is 0 Å². The van der Waals surface area contributed by atoms with E-state index >= 15 is 0 Å². The first kappa shape index (κ1) is 10.6. The van der Waals surface area contributed by atoms with Crippen molar-refractivity contribution in [2.45, 2.75) is 0 Å². The Labute approximate surface area is 95.7 Å². The molecule has 0 unspecified atom stereocenters. The van der Waals surface area contributed by atoms with Crippen molar-refractivity contribution < 1.29 is 14.4 Å². The van der Waals surface area contributed by atoms with E-state index in [0.29, 0.717) is 5.56 Å². The number of rotatable bonds is 2. The van der Waals surface area contributed by atoms with E-state index in [2.05, 4.69) is 5.32 Å². The van der Waals surface area contributed by atoms with Crippen LogP contribution in [0.2, 0.25) is 0 Å². The Kier molecular flexibility index (Phi) is 2.87. The molecule has 2 amide bonds. The first-order chi connectivity index (χ1) is 7.66. The number of ketones is 1. The lowest BCUT2D eigenvalue weighted by Gasteiger charge is -1.94. The molecule has 5 heteroatoms. The molecule has 1 aromatic carbocycles. The zero-order valence-corrected chi connectivity index (χ0v) is 8.91.